The zero-order chi connectivity index (χ0) is 13.6. The number of nitrogens with two attached hydrogens (primary N) is 1. The van der Waals surface area contributed by atoms with Gasteiger partial charge in [0.2, 0.25) is 0 Å². The van der Waals surface area contributed by atoms with E-state index in [0.29, 0.717) is 12.1 Å². The molecule has 0 saturated carbocycles. The fraction of sp³-hybridized carbons (Fsp3) is 0.455. The van der Waals surface area contributed by atoms with Gasteiger partial charge in [0.15, 0.2) is 5.82 Å². The standard InChI is InChI=1S/C11H16N8/c1-7-9(10(12)13)11(17(2)16-7)18-3-4-19-6-14-15-8(19)5-18/h6H,3-5H2,1-2H3,(H3,12,13). The van der Waals surface area contributed by atoms with Crippen molar-refractivity contribution in [3.63, 3.8) is 0 Å². The predicted molar refractivity (Wildman–Crippen MR) is 70.0 cm³/mol. The average molecular weight is 260 g/mol. The lowest BCUT2D eigenvalue weighted by Gasteiger charge is -2.29. The van der Waals surface area contributed by atoms with Gasteiger partial charge in [-0.1, -0.05) is 0 Å². The lowest BCUT2D eigenvalue weighted by Crippen LogP contribution is -2.36. The molecule has 19 heavy (non-hydrogen) atoms. The lowest BCUT2D eigenvalue weighted by atomic mass is 10.2. The van der Waals surface area contributed by atoms with Crippen molar-refractivity contribution in [1.29, 1.82) is 5.41 Å². The maximum Gasteiger partial charge on any atom is 0.152 e. The smallest absolute Gasteiger partial charge is 0.152 e. The molecule has 100 valence electrons. The second-order valence-electron chi connectivity index (χ2n) is 4.68. The van der Waals surface area contributed by atoms with Crippen LogP contribution in [0.1, 0.15) is 17.1 Å². The van der Waals surface area contributed by atoms with E-state index >= 15 is 0 Å². The summed E-state index contributed by atoms with van der Waals surface area (Å²) in [6.45, 7) is 4.17. The highest BCUT2D eigenvalue weighted by Crippen LogP contribution is 2.25. The zero-order valence-electron chi connectivity index (χ0n) is 11.0. The van der Waals surface area contributed by atoms with Gasteiger partial charge < -0.3 is 15.2 Å². The molecule has 1 aliphatic heterocycles. The van der Waals surface area contributed by atoms with Crippen LogP contribution in [0.25, 0.3) is 0 Å². The van der Waals surface area contributed by atoms with Gasteiger partial charge in [-0.25, -0.2) is 0 Å². The largest absolute Gasteiger partial charge is 0.384 e. The van der Waals surface area contributed by atoms with Gasteiger partial charge in [-0.05, 0) is 6.92 Å². The second-order valence-corrected chi connectivity index (χ2v) is 4.68. The van der Waals surface area contributed by atoms with Crippen molar-refractivity contribution in [3.05, 3.63) is 23.4 Å². The van der Waals surface area contributed by atoms with Crippen molar-refractivity contribution in [2.24, 2.45) is 12.8 Å². The number of amidine groups is 1. The third-order valence-corrected chi connectivity index (χ3v) is 3.40. The number of aromatic nitrogens is 5. The Labute approximate surface area is 110 Å². The topological polar surface area (TPSA) is 102 Å². The SMILES string of the molecule is Cc1nn(C)c(N2CCn3cnnc3C2)c1C(=N)N. The molecular formula is C11H16N8. The number of fused-ring (bicyclic) bond motifs is 1. The Hall–Kier alpha value is -2.38. The van der Waals surface area contributed by atoms with Crippen LogP contribution in [-0.2, 0) is 20.1 Å². The molecule has 0 amide bonds. The molecule has 0 saturated heterocycles. The van der Waals surface area contributed by atoms with Crippen LogP contribution in [0.3, 0.4) is 0 Å². The van der Waals surface area contributed by atoms with E-state index in [1.165, 1.54) is 0 Å². The Kier molecular flexibility index (Phi) is 2.51. The molecule has 0 bridgehead atoms. The van der Waals surface area contributed by atoms with E-state index in [-0.39, 0.29) is 5.84 Å². The Balaban J connectivity index is 2.02. The van der Waals surface area contributed by atoms with Gasteiger partial charge in [0.25, 0.3) is 0 Å². The summed E-state index contributed by atoms with van der Waals surface area (Å²) in [7, 11) is 1.87. The first kappa shape index (κ1) is 11.7. The third kappa shape index (κ3) is 1.76. The van der Waals surface area contributed by atoms with Crippen LogP contribution in [0.2, 0.25) is 0 Å². The summed E-state index contributed by atoms with van der Waals surface area (Å²) in [6.07, 6.45) is 1.74. The minimum atomic E-state index is 0.0487. The molecule has 2 aromatic heterocycles. The maximum atomic E-state index is 7.73. The maximum absolute atomic E-state index is 7.73. The van der Waals surface area contributed by atoms with E-state index in [4.69, 9.17) is 11.1 Å². The van der Waals surface area contributed by atoms with Crippen molar-refractivity contribution in [2.75, 3.05) is 11.4 Å². The van der Waals surface area contributed by atoms with Crippen LogP contribution in [0.15, 0.2) is 6.33 Å². The second kappa shape index (κ2) is 4.08. The first-order valence-corrected chi connectivity index (χ1v) is 6.07. The molecule has 0 atom stereocenters. The number of anilines is 1. The summed E-state index contributed by atoms with van der Waals surface area (Å²) in [5.74, 6) is 1.84. The molecule has 0 aliphatic carbocycles. The molecule has 0 radical (unpaired) electrons. The van der Waals surface area contributed by atoms with Gasteiger partial charge >= 0.3 is 0 Å². The summed E-state index contributed by atoms with van der Waals surface area (Å²) in [5.41, 5.74) is 7.16. The van der Waals surface area contributed by atoms with Crippen molar-refractivity contribution < 1.29 is 0 Å². The van der Waals surface area contributed by atoms with E-state index in [2.05, 4.69) is 20.2 Å². The fourth-order valence-corrected chi connectivity index (χ4v) is 2.57. The summed E-state index contributed by atoms with van der Waals surface area (Å²) in [4.78, 5) is 2.14. The summed E-state index contributed by atoms with van der Waals surface area (Å²) in [5, 5.41) is 20.1. The van der Waals surface area contributed by atoms with E-state index in [9.17, 15) is 0 Å². The minimum Gasteiger partial charge on any atom is -0.384 e. The third-order valence-electron chi connectivity index (χ3n) is 3.40. The Bertz CT molecular complexity index is 637. The van der Waals surface area contributed by atoms with Crippen LogP contribution in [0.4, 0.5) is 5.82 Å². The summed E-state index contributed by atoms with van der Waals surface area (Å²) < 4.78 is 3.81. The molecule has 0 fully saturated rings. The summed E-state index contributed by atoms with van der Waals surface area (Å²) >= 11 is 0. The average Bonchev–Trinajstić information content (AvgIpc) is 2.91. The molecule has 3 rings (SSSR count). The molecule has 2 aromatic rings. The first-order valence-electron chi connectivity index (χ1n) is 6.07. The normalized spacial score (nSPS) is 14.5. The van der Waals surface area contributed by atoms with Gasteiger partial charge in [-0.3, -0.25) is 10.1 Å². The van der Waals surface area contributed by atoms with E-state index in [0.717, 1.165) is 30.4 Å². The van der Waals surface area contributed by atoms with Crippen LogP contribution in [-0.4, -0.2) is 36.9 Å². The van der Waals surface area contributed by atoms with Crippen molar-refractivity contribution in [1.82, 2.24) is 24.5 Å². The Morgan fingerprint density at radius 3 is 2.95 bits per heavy atom. The molecule has 0 unspecified atom stereocenters. The Morgan fingerprint density at radius 2 is 2.21 bits per heavy atom. The molecule has 8 heteroatoms. The molecule has 0 spiro atoms. The monoisotopic (exact) mass is 260 g/mol. The zero-order valence-corrected chi connectivity index (χ0v) is 11.0. The highest BCUT2D eigenvalue weighted by molar-refractivity contribution is 6.00. The number of nitrogen functional groups attached to an aromatic ring is 1. The highest BCUT2D eigenvalue weighted by Gasteiger charge is 2.25. The van der Waals surface area contributed by atoms with E-state index < -0.39 is 0 Å². The van der Waals surface area contributed by atoms with Crippen molar-refractivity contribution in [3.8, 4) is 0 Å². The highest BCUT2D eigenvalue weighted by atomic mass is 15.4. The predicted octanol–water partition coefficient (Wildman–Crippen LogP) is -0.376. The van der Waals surface area contributed by atoms with Gasteiger partial charge in [0, 0.05) is 20.1 Å². The van der Waals surface area contributed by atoms with E-state index in [1.807, 2.05) is 18.5 Å². The number of aryl methyl sites for hydroxylation is 2. The number of nitrogens with zero attached hydrogens (tertiary/aromatic N) is 6. The Morgan fingerprint density at radius 1 is 1.42 bits per heavy atom. The molecular weight excluding hydrogens is 244 g/mol. The van der Waals surface area contributed by atoms with Crippen molar-refractivity contribution >= 4 is 11.7 Å². The van der Waals surface area contributed by atoms with Gasteiger partial charge in [-0.15, -0.1) is 10.2 Å². The first-order chi connectivity index (χ1) is 9.08. The number of rotatable bonds is 2. The van der Waals surface area contributed by atoms with Crippen molar-refractivity contribution in [2.45, 2.75) is 20.0 Å². The van der Waals surface area contributed by atoms with Gasteiger partial charge in [0.05, 0.1) is 17.8 Å². The molecule has 3 heterocycles. The number of nitrogens with one attached hydrogen (secondary N) is 1. The van der Waals surface area contributed by atoms with Crippen LogP contribution >= 0.6 is 0 Å². The molecule has 8 nitrogen and oxygen atoms in total. The molecule has 1 aliphatic rings. The molecule has 0 aromatic carbocycles. The van der Waals surface area contributed by atoms with Gasteiger partial charge in [0.1, 0.15) is 18.0 Å². The van der Waals surface area contributed by atoms with Crippen LogP contribution < -0.4 is 10.6 Å². The van der Waals surface area contributed by atoms with Crippen LogP contribution in [0.5, 0.6) is 0 Å². The number of hydrogen-bond donors (Lipinski definition) is 2. The lowest BCUT2D eigenvalue weighted by molar-refractivity contribution is 0.545. The summed E-state index contributed by atoms with van der Waals surface area (Å²) in [6, 6.07) is 0. The van der Waals surface area contributed by atoms with Crippen LogP contribution in [0, 0.1) is 12.3 Å². The molecule has 3 N–H and O–H groups in total. The minimum absolute atomic E-state index is 0.0487. The fourth-order valence-electron chi connectivity index (χ4n) is 2.57. The van der Waals surface area contributed by atoms with E-state index in [1.54, 1.807) is 11.0 Å². The number of hydrogen-bond acceptors (Lipinski definition) is 5. The van der Waals surface area contributed by atoms with Gasteiger partial charge in [-0.2, -0.15) is 5.10 Å². The quantitative estimate of drug-likeness (QED) is 0.566.